The molecule has 1 rings (SSSR count). The summed E-state index contributed by atoms with van der Waals surface area (Å²) in [6, 6.07) is 3.10. The van der Waals surface area contributed by atoms with Crippen LogP contribution in [0.2, 0.25) is 10.0 Å². The molecule has 1 aromatic carbocycles. The van der Waals surface area contributed by atoms with Gasteiger partial charge >= 0.3 is 6.18 Å². The van der Waals surface area contributed by atoms with Crippen molar-refractivity contribution in [1.29, 1.82) is 0 Å². The Hall–Kier alpha value is -0.160. The Kier molecular flexibility index (Phi) is 5.90. The molecule has 16 heavy (non-hydrogen) atoms. The van der Waals surface area contributed by atoms with Crippen molar-refractivity contribution in [2.45, 2.75) is 18.6 Å². The van der Waals surface area contributed by atoms with E-state index in [0.29, 0.717) is 10.6 Å². The summed E-state index contributed by atoms with van der Waals surface area (Å²) in [6.45, 7) is 0. The molecule has 0 amide bonds. The average molecular weight is 295 g/mol. The quantitative estimate of drug-likeness (QED) is 0.861. The number of hydrogen-bond acceptors (Lipinski definition) is 1. The number of halogens is 6. The van der Waals surface area contributed by atoms with Gasteiger partial charge in [-0.3, -0.25) is 0 Å². The van der Waals surface area contributed by atoms with Crippen LogP contribution in [0, 0.1) is 0 Å². The molecule has 0 spiro atoms. The minimum Gasteiger partial charge on any atom is -0.324 e. The Labute approximate surface area is 107 Å². The number of rotatable bonds is 2. The van der Waals surface area contributed by atoms with Gasteiger partial charge < -0.3 is 5.73 Å². The molecule has 2 N–H and O–H groups in total. The van der Waals surface area contributed by atoms with Crippen LogP contribution in [0.5, 0.6) is 0 Å². The fourth-order valence-corrected chi connectivity index (χ4v) is 1.42. The van der Waals surface area contributed by atoms with Gasteiger partial charge in [0.15, 0.2) is 0 Å². The van der Waals surface area contributed by atoms with Crippen molar-refractivity contribution >= 4 is 35.6 Å². The highest BCUT2D eigenvalue weighted by Crippen LogP contribution is 2.30. The van der Waals surface area contributed by atoms with Gasteiger partial charge in [-0.2, -0.15) is 13.2 Å². The molecule has 0 aliphatic carbocycles. The molecular formula is C9H9Cl3F3N. The maximum atomic E-state index is 12.0. The van der Waals surface area contributed by atoms with Crippen LogP contribution >= 0.6 is 35.6 Å². The monoisotopic (exact) mass is 293 g/mol. The predicted octanol–water partition coefficient (Wildman–Crippen LogP) is 4.37. The summed E-state index contributed by atoms with van der Waals surface area (Å²) in [6.07, 6.45) is -5.36. The third kappa shape index (κ3) is 4.78. The third-order valence-corrected chi connectivity index (χ3v) is 2.56. The smallest absolute Gasteiger partial charge is 0.324 e. The highest BCUT2D eigenvalue weighted by molar-refractivity contribution is 6.42. The number of hydrogen-bond donors (Lipinski definition) is 1. The summed E-state index contributed by atoms with van der Waals surface area (Å²) in [7, 11) is 0. The van der Waals surface area contributed by atoms with Crippen molar-refractivity contribution in [3.8, 4) is 0 Å². The summed E-state index contributed by atoms with van der Waals surface area (Å²) in [5, 5.41) is 0.492. The van der Waals surface area contributed by atoms with Crippen LogP contribution < -0.4 is 5.73 Å². The number of nitrogens with two attached hydrogens (primary N) is 1. The molecular weight excluding hydrogens is 285 g/mol. The lowest BCUT2D eigenvalue weighted by atomic mass is 10.0. The molecule has 0 saturated heterocycles. The maximum absolute atomic E-state index is 12.0. The van der Waals surface area contributed by atoms with E-state index >= 15 is 0 Å². The standard InChI is InChI=1S/C9H8Cl2F3N.ClH/c10-6-2-1-5(3-7(6)11)8(15)4-9(12,13)14;/h1-3,8H,4,15H2;1H/t8-;/m1./s1. The Morgan fingerprint density at radius 3 is 2.19 bits per heavy atom. The normalized spacial score (nSPS) is 13.1. The van der Waals surface area contributed by atoms with Crippen molar-refractivity contribution < 1.29 is 13.2 Å². The van der Waals surface area contributed by atoms with E-state index in [4.69, 9.17) is 28.9 Å². The van der Waals surface area contributed by atoms with Gasteiger partial charge in [0.1, 0.15) is 0 Å². The minimum atomic E-state index is -4.29. The van der Waals surface area contributed by atoms with E-state index < -0.39 is 18.6 Å². The zero-order chi connectivity index (χ0) is 11.6. The van der Waals surface area contributed by atoms with Crippen LogP contribution in [0.1, 0.15) is 18.0 Å². The maximum Gasteiger partial charge on any atom is 0.390 e. The molecule has 0 aromatic heterocycles. The SMILES string of the molecule is Cl.N[C@H](CC(F)(F)F)c1ccc(Cl)c(Cl)c1. The average Bonchev–Trinajstić information content (AvgIpc) is 2.06. The minimum absolute atomic E-state index is 0. The second-order valence-corrected chi connectivity index (χ2v) is 3.91. The zero-order valence-corrected chi connectivity index (χ0v) is 10.2. The highest BCUT2D eigenvalue weighted by atomic mass is 35.5. The van der Waals surface area contributed by atoms with Crippen LogP contribution in [0.15, 0.2) is 18.2 Å². The lowest BCUT2D eigenvalue weighted by molar-refractivity contribution is -0.138. The largest absolute Gasteiger partial charge is 0.390 e. The Bertz CT molecular complexity index is 354. The van der Waals surface area contributed by atoms with Gasteiger partial charge in [0.2, 0.25) is 0 Å². The molecule has 0 saturated carbocycles. The van der Waals surface area contributed by atoms with E-state index in [1.807, 2.05) is 0 Å². The van der Waals surface area contributed by atoms with Crippen molar-refractivity contribution in [2.75, 3.05) is 0 Å². The van der Waals surface area contributed by atoms with Gasteiger partial charge in [0.25, 0.3) is 0 Å². The molecule has 0 radical (unpaired) electrons. The predicted molar refractivity (Wildman–Crippen MR) is 61.3 cm³/mol. The number of benzene rings is 1. The first kappa shape index (κ1) is 15.8. The molecule has 1 atom stereocenters. The van der Waals surface area contributed by atoms with Crippen molar-refractivity contribution in [2.24, 2.45) is 5.73 Å². The fraction of sp³-hybridized carbons (Fsp3) is 0.333. The second-order valence-electron chi connectivity index (χ2n) is 3.10. The summed E-state index contributed by atoms with van der Waals surface area (Å²) < 4.78 is 36.1. The molecule has 0 bridgehead atoms. The van der Waals surface area contributed by atoms with E-state index in [0.717, 1.165) is 0 Å². The summed E-state index contributed by atoms with van der Waals surface area (Å²) >= 11 is 11.3. The van der Waals surface area contributed by atoms with Crippen LogP contribution in [0.25, 0.3) is 0 Å². The van der Waals surface area contributed by atoms with Gasteiger partial charge in [0.05, 0.1) is 16.5 Å². The topological polar surface area (TPSA) is 26.0 Å². The van der Waals surface area contributed by atoms with Gasteiger partial charge in [-0.05, 0) is 17.7 Å². The Balaban J connectivity index is 0.00000225. The summed E-state index contributed by atoms with van der Waals surface area (Å²) in [5.74, 6) is 0. The second kappa shape index (κ2) is 5.96. The third-order valence-electron chi connectivity index (χ3n) is 1.82. The van der Waals surface area contributed by atoms with E-state index in [2.05, 4.69) is 0 Å². The lowest BCUT2D eigenvalue weighted by Crippen LogP contribution is -2.20. The molecule has 0 fully saturated rings. The molecule has 0 heterocycles. The van der Waals surface area contributed by atoms with Crippen LogP contribution in [0.3, 0.4) is 0 Å². The summed E-state index contributed by atoms with van der Waals surface area (Å²) in [5.41, 5.74) is 5.70. The van der Waals surface area contributed by atoms with Crippen LogP contribution in [-0.4, -0.2) is 6.18 Å². The highest BCUT2D eigenvalue weighted by Gasteiger charge is 2.30. The number of alkyl halides is 3. The van der Waals surface area contributed by atoms with E-state index in [9.17, 15) is 13.2 Å². The van der Waals surface area contributed by atoms with E-state index in [1.165, 1.54) is 18.2 Å². The molecule has 0 aliphatic rings. The molecule has 0 aliphatic heterocycles. The van der Waals surface area contributed by atoms with Crippen LogP contribution in [-0.2, 0) is 0 Å². The summed E-state index contributed by atoms with van der Waals surface area (Å²) in [4.78, 5) is 0. The first-order valence-electron chi connectivity index (χ1n) is 4.07. The van der Waals surface area contributed by atoms with Gasteiger partial charge in [-0.1, -0.05) is 29.3 Å². The lowest BCUT2D eigenvalue weighted by Gasteiger charge is -2.14. The van der Waals surface area contributed by atoms with Gasteiger partial charge in [-0.15, -0.1) is 12.4 Å². The van der Waals surface area contributed by atoms with E-state index in [-0.39, 0.29) is 17.4 Å². The Morgan fingerprint density at radius 2 is 1.75 bits per heavy atom. The molecule has 92 valence electrons. The molecule has 7 heteroatoms. The van der Waals surface area contributed by atoms with Gasteiger partial charge in [-0.25, -0.2) is 0 Å². The van der Waals surface area contributed by atoms with E-state index in [1.54, 1.807) is 0 Å². The molecule has 1 nitrogen and oxygen atoms in total. The molecule has 1 aromatic rings. The fourth-order valence-electron chi connectivity index (χ4n) is 1.11. The first-order valence-corrected chi connectivity index (χ1v) is 4.82. The first-order chi connectivity index (χ1) is 6.79. The molecule has 0 unspecified atom stereocenters. The van der Waals surface area contributed by atoms with Gasteiger partial charge in [0, 0.05) is 6.04 Å². The van der Waals surface area contributed by atoms with Crippen molar-refractivity contribution in [1.82, 2.24) is 0 Å². The Morgan fingerprint density at radius 1 is 1.19 bits per heavy atom. The zero-order valence-electron chi connectivity index (χ0n) is 7.89. The van der Waals surface area contributed by atoms with Crippen molar-refractivity contribution in [3.63, 3.8) is 0 Å². The van der Waals surface area contributed by atoms with Crippen molar-refractivity contribution in [3.05, 3.63) is 33.8 Å². The van der Waals surface area contributed by atoms with Crippen LogP contribution in [0.4, 0.5) is 13.2 Å².